The Hall–Kier alpha value is -2.62. The Balaban J connectivity index is 0. The van der Waals surface area contributed by atoms with E-state index in [0.717, 1.165) is 19.3 Å². The highest BCUT2D eigenvalue weighted by atomic mass is 16.5. The van der Waals surface area contributed by atoms with Crippen LogP contribution in [0.1, 0.15) is 155 Å². The SMILES string of the molecule is C=C(C)C(=O)OCCCCCC.C=CC(=O)OCCCCCCCCCCCCCCCCCC.C=Cc1ccccc1. The van der Waals surface area contributed by atoms with E-state index in [1.54, 1.807) is 6.92 Å². The Morgan fingerprint density at radius 1 is 0.605 bits per heavy atom. The maximum atomic E-state index is 10.9. The third kappa shape index (κ3) is 35.5. The van der Waals surface area contributed by atoms with Gasteiger partial charge in [-0.2, -0.15) is 0 Å². The van der Waals surface area contributed by atoms with Crippen molar-refractivity contribution in [3.63, 3.8) is 0 Å². The maximum absolute atomic E-state index is 10.9. The molecular formula is C39H66O4. The minimum absolute atomic E-state index is 0.272. The van der Waals surface area contributed by atoms with Gasteiger partial charge in [0.15, 0.2) is 0 Å². The van der Waals surface area contributed by atoms with Crippen molar-refractivity contribution in [3.05, 3.63) is 67.3 Å². The van der Waals surface area contributed by atoms with E-state index in [0.29, 0.717) is 18.8 Å². The molecule has 0 atom stereocenters. The van der Waals surface area contributed by atoms with E-state index >= 15 is 0 Å². The average molecular weight is 599 g/mol. The molecule has 0 aliphatic rings. The van der Waals surface area contributed by atoms with E-state index in [1.165, 1.54) is 121 Å². The molecule has 1 aromatic rings. The van der Waals surface area contributed by atoms with Crippen LogP contribution in [0.15, 0.2) is 61.7 Å². The molecule has 0 saturated heterocycles. The second kappa shape index (κ2) is 35.6. The van der Waals surface area contributed by atoms with Crippen molar-refractivity contribution in [2.45, 2.75) is 149 Å². The van der Waals surface area contributed by atoms with E-state index in [-0.39, 0.29) is 11.9 Å². The summed E-state index contributed by atoms with van der Waals surface area (Å²) in [6.45, 7) is 17.7. The lowest BCUT2D eigenvalue weighted by atomic mass is 10.0. The topological polar surface area (TPSA) is 52.6 Å². The predicted molar refractivity (Wildman–Crippen MR) is 187 cm³/mol. The second-order valence-corrected chi connectivity index (χ2v) is 11.3. The lowest BCUT2D eigenvalue weighted by molar-refractivity contribution is -0.139. The quantitative estimate of drug-likeness (QED) is 0.0638. The van der Waals surface area contributed by atoms with Crippen molar-refractivity contribution in [1.29, 1.82) is 0 Å². The smallest absolute Gasteiger partial charge is 0.333 e. The zero-order chi connectivity index (χ0) is 32.2. The van der Waals surface area contributed by atoms with Gasteiger partial charge in [0.2, 0.25) is 0 Å². The van der Waals surface area contributed by atoms with E-state index in [1.807, 2.05) is 36.4 Å². The molecule has 4 heteroatoms. The van der Waals surface area contributed by atoms with E-state index in [2.05, 4.69) is 33.6 Å². The third-order valence-corrected chi connectivity index (χ3v) is 7.02. The van der Waals surface area contributed by atoms with E-state index in [9.17, 15) is 9.59 Å². The number of rotatable bonds is 25. The monoisotopic (exact) mass is 598 g/mol. The first-order valence-electron chi connectivity index (χ1n) is 17.2. The summed E-state index contributed by atoms with van der Waals surface area (Å²) in [5.41, 5.74) is 1.65. The molecule has 0 saturated carbocycles. The Bertz CT molecular complexity index is 784. The Morgan fingerprint density at radius 2 is 0.977 bits per heavy atom. The van der Waals surface area contributed by atoms with Crippen molar-refractivity contribution < 1.29 is 19.1 Å². The van der Waals surface area contributed by atoms with Crippen LogP contribution < -0.4 is 0 Å². The van der Waals surface area contributed by atoms with E-state index in [4.69, 9.17) is 9.47 Å². The van der Waals surface area contributed by atoms with Crippen molar-refractivity contribution in [2.24, 2.45) is 0 Å². The number of carbonyl (C=O) groups is 2. The van der Waals surface area contributed by atoms with Gasteiger partial charge < -0.3 is 9.47 Å². The number of hydrogen-bond donors (Lipinski definition) is 0. The van der Waals surface area contributed by atoms with Crippen LogP contribution in [-0.2, 0) is 19.1 Å². The highest BCUT2D eigenvalue weighted by Gasteiger charge is 2.01. The third-order valence-electron chi connectivity index (χ3n) is 7.02. The fourth-order valence-electron chi connectivity index (χ4n) is 4.29. The highest BCUT2D eigenvalue weighted by molar-refractivity contribution is 5.86. The van der Waals surface area contributed by atoms with Gasteiger partial charge in [-0.15, -0.1) is 0 Å². The van der Waals surface area contributed by atoms with Gasteiger partial charge in [-0.3, -0.25) is 0 Å². The van der Waals surface area contributed by atoms with Gasteiger partial charge in [0.25, 0.3) is 0 Å². The first-order valence-corrected chi connectivity index (χ1v) is 17.2. The summed E-state index contributed by atoms with van der Waals surface area (Å²) in [7, 11) is 0. The molecule has 0 N–H and O–H groups in total. The molecule has 1 rings (SSSR count). The summed E-state index contributed by atoms with van der Waals surface area (Å²) >= 11 is 0. The van der Waals surface area contributed by atoms with Gasteiger partial charge in [0, 0.05) is 11.6 Å². The number of hydrogen-bond acceptors (Lipinski definition) is 4. The zero-order valence-electron chi connectivity index (χ0n) is 28.4. The Kier molecular flexibility index (Phi) is 35.2. The second-order valence-electron chi connectivity index (χ2n) is 11.3. The molecule has 43 heavy (non-hydrogen) atoms. The molecular weight excluding hydrogens is 532 g/mol. The number of ether oxygens (including phenoxy) is 2. The molecule has 0 aliphatic heterocycles. The van der Waals surface area contributed by atoms with Crippen LogP contribution in [-0.4, -0.2) is 25.2 Å². The summed E-state index contributed by atoms with van der Waals surface area (Å²) < 4.78 is 9.86. The molecule has 0 bridgehead atoms. The molecule has 246 valence electrons. The van der Waals surface area contributed by atoms with E-state index < -0.39 is 0 Å². The molecule has 0 fully saturated rings. The Labute approximate surface area is 266 Å². The van der Waals surface area contributed by atoms with Gasteiger partial charge in [-0.05, 0) is 25.3 Å². The molecule has 1 aromatic carbocycles. The van der Waals surface area contributed by atoms with Crippen LogP contribution in [0.5, 0.6) is 0 Å². The normalized spacial score (nSPS) is 9.93. The number of unbranched alkanes of at least 4 members (excludes halogenated alkanes) is 18. The first-order chi connectivity index (χ1) is 20.9. The number of esters is 2. The summed E-state index contributed by atoms with van der Waals surface area (Å²) in [6, 6.07) is 10.0. The zero-order valence-corrected chi connectivity index (χ0v) is 28.4. The van der Waals surface area contributed by atoms with Crippen LogP contribution >= 0.6 is 0 Å². The molecule has 0 heterocycles. The lowest BCUT2D eigenvalue weighted by Crippen LogP contribution is -2.05. The van der Waals surface area contributed by atoms with Crippen molar-refractivity contribution in [1.82, 2.24) is 0 Å². The molecule has 0 aromatic heterocycles. The van der Waals surface area contributed by atoms with Crippen molar-refractivity contribution in [2.75, 3.05) is 13.2 Å². The summed E-state index contributed by atoms with van der Waals surface area (Å²) in [4.78, 5) is 21.7. The minimum atomic E-state index is -0.300. The molecule has 0 radical (unpaired) electrons. The number of carbonyl (C=O) groups excluding carboxylic acids is 2. The fraction of sp³-hybridized carbons (Fsp3) is 0.641. The fourth-order valence-corrected chi connectivity index (χ4v) is 4.29. The Morgan fingerprint density at radius 3 is 1.33 bits per heavy atom. The molecule has 0 amide bonds. The van der Waals surface area contributed by atoms with Crippen molar-refractivity contribution in [3.8, 4) is 0 Å². The lowest BCUT2D eigenvalue weighted by Gasteiger charge is -2.04. The van der Waals surface area contributed by atoms with Crippen LogP contribution in [0.4, 0.5) is 0 Å². The number of benzene rings is 1. The minimum Gasteiger partial charge on any atom is -0.463 e. The largest absolute Gasteiger partial charge is 0.463 e. The van der Waals surface area contributed by atoms with Crippen molar-refractivity contribution >= 4 is 18.0 Å². The van der Waals surface area contributed by atoms with Gasteiger partial charge in [-0.1, -0.05) is 186 Å². The first kappa shape index (κ1) is 42.5. The molecule has 0 aliphatic carbocycles. The van der Waals surface area contributed by atoms with Crippen LogP contribution in [0.2, 0.25) is 0 Å². The maximum Gasteiger partial charge on any atom is 0.333 e. The highest BCUT2D eigenvalue weighted by Crippen LogP contribution is 2.13. The van der Waals surface area contributed by atoms with Crippen LogP contribution in [0, 0.1) is 0 Å². The summed E-state index contributed by atoms with van der Waals surface area (Å²) in [5, 5.41) is 0. The van der Waals surface area contributed by atoms with Gasteiger partial charge in [0.05, 0.1) is 13.2 Å². The molecule has 0 spiro atoms. The summed E-state index contributed by atoms with van der Waals surface area (Å²) in [5.74, 6) is -0.572. The predicted octanol–water partition coefficient (Wildman–Crippen LogP) is 12.0. The van der Waals surface area contributed by atoms with Crippen LogP contribution in [0.3, 0.4) is 0 Å². The van der Waals surface area contributed by atoms with Gasteiger partial charge in [-0.25, -0.2) is 9.59 Å². The van der Waals surface area contributed by atoms with Gasteiger partial charge in [0.1, 0.15) is 0 Å². The molecule has 4 nitrogen and oxygen atoms in total. The standard InChI is InChI=1S/C21H40O2.C10H18O2.C8H8/c1-3-5-6-7-8-9-10-11-12-13-14-15-16-17-18-19-20-23-21(22)4-2;1-4-5-6-7-8-12-10(11)9(2)3;1-2-8-6-4-3-5-7-8/h4H,2-3,5-20H2,1H3;2,4-8H2,1,3H3;2-7H,1H2. The van der Waals surface area contributed by atoms with Crippen LogP contribution in [0.25, 0.3) is 6.08 Å². The summed E-state index contributed by atoms with van der Waals surface area (Å²) in [6.07, 6.45) is 29.3. The molecule has 0 unspecified atom stereocenters. The average Bonchev–Trinajstić information content (AvgIpc) is 3.03. The van der Waals surface area contributed by atoms with Gasteiger partial charge >= 0.3 is 11.9 Å².